The average molecular weight is 654 g/mol. The van der Waals surface area contributed by atoms with Gasteiger partial charge in [0.1, 0.15) is 12.1 Å². The van der Waals surface area contributed by atoms with Crippen molar-refractivity contribution in [1.29, 1.82) is 0 Å². The number of likely N-dealkylation sites (tertiary alicyclic amines) is 1. The van der Waals surface area contributed by atoms with Crippen LogP contribution in [0.4, 0.5) is 4.79 Å². The van der Waals surface area contributed by atoms with E-state index < -0.39 is 64.5 Å². The number of hydrogen-bond donors (Lipinski definition) is 4. The molecule has 1 aliphatic heterocycles. The first-order valence-electron chi connectivity index (χ1n) is 16.9. The number of hydrogen-bond acceptors (Lipinski definition) is 6. The minimum absolute atomic E-state index is 0.0380. The molecular weight excluding hydrogens is 598 g/mol. The van der Waals surface area contributed by atoms with Crippen LogP contribution in [0.25, 0.3) is 0 Å². The summed E-state index contributed by atoms with van der Waals surface area (Å²) in [5.41, 5.74) is 4.98. The predicted octanol–water partition coefficient (Wildman–Crippen LogP) is 3.53. The summed E-state index contributed by atoms with van der Waals surface area (Å²) in [6.07, 6.45) is 3.50. The number of urea groups is 1. The molecule has 3 rings (SSSR count). The van der Waals surface area contributed by atoms with Crippen molar-refractivity contribution in [3.63, 3.8) is 0 Å². The molecule has 1 aromatic rings. The van der Waals surface area contributed by atoms with Gasteiger partial charge in [0, 0.05) is 13.0 Å². The highest BCUT2D eigenvalue weighted by Gasteiger charge is 2.48. The highest BCUT2D eigenvalue weighted by molar-refractivity contribution is 6.37. The Morgan fingerprint density at radius 2 is 1.43 bits per heavy atom. The number of primary amides is 1. The van der Waals surface area contributed by atoms with Crippen LogP contribution in [0.15, 0.2) is 30.3 Å². The van der Waals surface area contributed by atoms with Crippen LogP contribution in [0, 0.1) is 28.6 Å². The third-order valence-electron chi connectivity index (χ3n) is 9.35. The number of nitrogens with one attached hydrogen (secondary N) is 3. The average Bonchev–Trinajstić information content (AvgIpc) is 3.68. The maximum Gasteiger partial charge on any atom is 0.316 e. The fourth-order valence-electron chi connectivity index (χ4n) is 6.40. The van der Waals surface area contributed by atoms with E-state index in [-0.39, 0.29) is 36.5 Å². The molecule has 1 saturated heterocycles. The fourth-order valence-corrected chi connectivity index (χ4v) is 6.40. The number of aryl methyl sites for hydroxylation is 1. The lowest BCUT2D eigenvalue weighted by molar-refractivity contribution is -0.144. The van der Waals surface area contributed by atoms with Crippen LogP contribution in [-0.4, -0.2) is 70.9 Å². The number of ketones is 2. The lowest BCUT2D eigenvalue weighted by Gasteiger charge is -2.38. The number of amides is 5. The molecule has 2 aliphatic rings. The topological polar surface area (TPSA) is 168 Å². The molecular formula is C36H55N5O6. The van der Waals surface area contributed by atoms with E-state index in [0.717, 1.165) is 18.4 Å². The van der Waals surface area contributed by atoms with Crippen molar-refractivity contribution >= 4 is 35.3 Å². The van der Waals surface area contributed by atoms with E-state index in [1.54, 1.807) is 0 Å². The van der Waals surface area contributed by atoms with Crippen LogP contribution in [0.1, 0.15) is 93.1 Å². The molecule has 2 fully saturated rings. The number of Topliss-reactive ketones (excluding diaryl/α,β-unsaturated/α-hetero) is 2. The number of nitrogens with two attached hydrogens (primary N) is 1. The van der Waals surface area contributed by atoms with Crippen molar-refractivity contribution in [3.05, 3.63) is 35.9 Å². The molecule has 0 aromatic heterocycles. The number of carbonyl (C=O) groups is 6. The Morgan fingerprint density at radius 1 is 0.851 bits per heavy atom. The van der Waals surface area contributed by atoms with E-state index in [9.17, 15) is 28.8 Å². The van der Waals surface area contributed by atoms with Gasteiger partial charge in [-0.15, -0.1) is 0 Å². The summed E-state index contributed by atoms with van der Waals surface area (Å²) >= 11 is 0. The van der Waals surface area contributed by atoms with Crippen molar-refractivity contribution in [2.75, 3.05) is 6.54 Å². The number of rotatable bonds is 14. The lowest BCUT2D eigenvalue weighted by Crippen LogP contribution is -2.62. The predicted molar refractivity (Wildman–Crippen MR) is 180 cm³/mol. The van der Waals surface area contributed by atoms with Crippen molar-refractivity contribution in [2.24, 2.45) is 34.3 Å². The van der Waals surface area contributed by atoms with Gasteiger partial charge in [-0.25, -0.2) is 4.79 Å². The summed E-state index contributed by atoms with van der Waals surface area (Å²) < 4.78 is 0. The molecule has 47 heavy (non-hydrogen) atoms. The Morgan fingerprint density at radius 3 is 1.94 bits per heavy atom. The van der Waals surface area contributed by atoms with E-state index in [2.05, 4.69) is 16.0 Å². The number of carbonyl (C=O) groups excluding carboxylic acids is 6. The SMILES string of the molecule is CC(C)C1CCN(C(=O)[C@@H](NC(=O)N[C@H](C(=O)CCc2ccccc2)C(C)(C)C)C(C)(C)C)[C@@H]1C(=O)NC(CC1CC1)C(=O)C(N)=O. The van der Waals surface area contributed by atoms with Crippen LogP contribution >= 0.6 is 0 Å². The molecule has 5 N–H and O–H groups in total. The van der Waals surface area contributed by atoms with Crippen LogP contribution < -0.4 is 21.7 Å². The maximum atomic E-state index is 14.3. The number of nitrogens with zero attached hydrogens (tertiary/aromatic N) is 1. The summed E-state index contributed by atoms with van der Waals surface area (Å²) in [7, 11) is 0. The summed E-state index contributed by atoms with van der Waals surface area (Å²) in [6, 6.07) is 5.23. The van der Waals surface area contributed by atoms with E-state index >= 15 is 0 Å². The zero-order chi connectivity index (χ0) is 35.3. The quantitative estimate of drug-likeness (QED) is 0.224. The van der Waals surface area contributed by atoms with Gasteiger partial charge < -0.3 is 26.6 Å². The van der Waals surface area contributed by atoms with Gasteiger partial charge in [-0.3, -0.25) is 24.0 Å². The van der Waals surface area contributed by atoms with Gasteiger partial charge in [-0.05, 0) is 53.4 Å². The fraction of sp³-hybridized carbons (Fsp3) is 0.667. The van der Waals surface area contributed by atoms with Crippen molar-refractivity contribution < 1.29 is 28.8 Å². The Kier molecular flexibility index (Phi) is 12.4. The molecule has 1 aliphatic carbocycles. The third-order valence-corrected chi connectivity index (χ3v) is 9.35. The first kappa shape index (κ1) is 37.7. The van der Waals surface area contributed by atoms with Crippen LogP contribution in [0.5, 0.6) is 0 Å². The minimum atomic E-state index is -1.11. The molecule has 0 spiro atoms. The molecule has 0 bridgehead atoms. The summed E-state index contributed by atoms with van der Waals surface area (Å²) in [6.45, 7) is 15.3. The first-order valence-corrected chi connectivity index (χ1v) is 16.9. The van der Waals surface area contributed by atoms with Crippen molar-refractivity contribution in [3.8, 4) is 0 Å². The van der Waals surface area contributed by atoms with E-state index in [4.69, 9.17) is 5.73 Å². The van der Waals surface area contributed by atoms with Gasteiger partial charge in [-0.1, -0.05) is 98.6 Å². The monoisotopic (exact) mass is 653 g/mol. The Bertz CT molecular complexity index is 1310. The molecule has 1 saturated carbocycles. The molecule has 5 amide bonds. The van der Waals surface area contributed by atoms with Gasteiger partial charge in [0.15, 0.2) is 5.78 Å². The summed E-state index contributed by atoms with van der Waals surface area (Å²) in [5.74, 6) is -2.94. The van der Waals surface area contributed by atoms with Crippen molar-refractivity contribution in [1.82, 2.24) is 20.9 Å². The zero-order valence-corrected chi connectivity index (χ0v) is 29.4. The second-order valence-corrected chi connectivity index (χ2v) is 15.8. The minimum Gasteiger partial charge on any atom is -0.363 e. The molecule has 11 nitrogen and oxygen atoms in total. The van der Waals surface area contributed by atoms with Crippen LogP contribution in [0.3, 0.4) is 0 Å². The van der Waals surface area contributed by atoms with Crippen LogP contribution in [-0.2, 0) is 30.4 Å². The third kappa shape index (κ3) is 10.4. The Hall–Kier alpha value is -3.76. The van der Waals surface area contributed by atoms with Crippen molar-refractivity contribution in [2.45, 2.75) is 118 Å². The smallest absolute Gasteiger partial charge is 0.316 e. The maximum absolute atomic E-state index is 14.3. The normalized spacial score (nSPS) is 20.2. The Labute approximate surface area is 279 Å². The van der Waals surface area contributed by atoms with E-state index in [0.29, 0.717) is 19.3 Å². The van der Waals surface area contributed by atoms with E-state index in [1.807, 2.05) is 85.7 Å². The lowest BCUT2D eigenvalue weighted by atomic mass is 9.82. The van der Waals surface area contributed by atoms with E-state index in [1.165, 1.54) is 4.90 Å². The van der Waals surface area contributed by atoms with Crippen LogP contribution in [0.2, 0.25) is 0 Å². The molecule has 5 atom stereocenters. The van der Waals surface area contributed by atoms with Gasteiger partial charge in [-0.2, -0.15) is 0 Å². The van der Waals surface area contributed by atoms with Gasteiger partial charge in [0.25, 0.3) is 5.91 Å². The molecule has 1 heterocycles. The zero-order valence-electron chi connectivity index (χ0n) is 29.4. The standard InChI is InChI=1S/C36H55N5O6/c1-21(2)24-18-19-41(27(24)32(45)38-25(20-23-14-15-23)28(43)31(37)44)33(46)30(36(6,7)8)40-34(47)39-29(35(3,4)5)26(42)17-16-22-12-10-9-11-13-22/h9-13,21,23-25,27,29-30H,14-20H2,1-8H3,(H2,37,44)(H,38,45)(H2,39,40,47)/t24?,25?,27-,29+,30+/m0/s1. The summed E-state index contributed by atoms with van der Waals surface area (Å²) in [4.78, 5) is 80.9. The second kappa shape index (κ2) is 15.4. The molecule has 260 valence electrons. The molecule has 0 radical (unpaired) electrons. The highest BCUT2D eigenvalue weighted by Crippen LogP contribution is 2.35. The van der Waals surface area contributed by atoms with Gasteiger partial charge in [0.05, 0.1) is 12.1 Å². The molecule has 2 unspecified atom stereocenters. The highest BCUT2D eigenvalue weighted by atomic mass is 16.2. The molecule has 1 aromatic carbocycles. The van der Waals surface area contributed by atoms with Gasteiger partial charge >= 0.3 is 6.03 Å². The first-order chi connectivity index (χ1) is 21.8. The Balaban J connectivity index is 1.80. The van der Waals surface area contributed by atoms with Gasteiger partial charge in [0.2, 0.25) is 17.6 Å². The summed E-state index contributed by atoms with van der Waals surface area (Å²) in [5, 5.41) is 8.44. The second-order valence-electron chi connectivity index (χ2n) is 15.8. The number of benzene rings is 1. The largest absolute Gasteiger partial charge is 0.363 e. The molecule has 11 heteroatoms.